The number of aliphatic imine (C=N–C) groups is 1. The molecule has 0 aliphatic carbocycles. The average Bonchev–Trinajstić information content (AvgIpc) is 2.36. The summed E-state index contributed by atoms with van der Waals surface area (Å²) in [5.41, 5.74) is 1.20. The zero-order chi connectivity index (χ0) is 14.1. The van der Waals surface area contributed by atoms with Gasteiger partial charge in [0, 0.05) is 24.2 Å². The Labute approximate surface area is 144 Å². The highest BCUT2D eigenvalue weighted by Crippen LogP contribution is 2.16. The number of hydrogen-bond acceptors (Lipinski definition) is 1. The molecule has 0 atom stereocenters. The zero-order valence-electron chi connectivity index (χ0n) is 12.4. The SMILES string of the molecule is CCNC(=NCCCc1ccccc1Cl)NC(C)C.I. The van der Waals surface area contributed by atoms with Gasteiger partial charge in [0.1, 0.15) is 0 Å². The largest absolute Gasteiger partial charge is 0.357 e. The molecule has 0 fully saturated rings. The van der Waals surface area contributed by atoms with Crippen molar-refractivity contribution in [3.8, 4) is 0 Å². The summed E-state index contributed by atoms with van der Waals surface area (Å²) in [4.78, 5) is 4.55. The summed E-state index contributed by atoms with van der Waals surface area (Å²) >= 11 is 6.12. The number of nitrogens with one attached hydrogen (secondary N) is 2. The number of guanidine groups is 1. The first-order valence-corrected chi connectivity index (χ1v) is 7.29. The second-order valence-corrected chi connectivity index (χ2v) is 5.16. The van der Waals surface area contributed by atoms with Crippen molar-refractivity contribution in [3.63, 3.8) is 0 Å². The van der Waals surface area contributed by atoms with E-state index < -0.39 is 0 Å². The van der Waals surface area contributed by atoms with Gasteiger partial charge in [-0.05, 0) is 45.2 Å². The molecular formula is C15H25ClIN3. The van der Waals surface area contributed by atoms with Gasteiger partial charge in [-0.25, -0.2) is 0 Å². The second-order valence-electron chi connectivity index (χ2n) is 4.75. The van der Waals surface area contributed by atoms with Gasteiger partial charge in [-0.1, -0.05) is 29.8 Å². The Kier molecular flexibility index (Phi) is 10.9. The molecule has 0 aliphatic rings. The summed E-state index contributed by atoms with van der Waals surface area (Å²) in [6.45, 7) is 7.96. The molecule has 20 heavy (non-hydrogen) atoms. The van der Waals surface area contributed by atoms with Crippen molar-refractivity contribution in [3.05, 3.63) is 34.9 Å². The van der Waals surface area contributed by atoms with Gasteiger partial charge in [-0.3, -0.25) is 4.99 Å². The summed E-state index contributed by atoms with van der Waals surface area (Å²) in [7, 11) is 0. The van der Waals surface area contributed by atoms with Crippen molar-refractivity contribution < 1.29 is 0 Å². The summed E-state index contributed by atoms with van der Waals surface area (Å²) in [6.07, 6.45) is 1.96. The maximum atomic E-state index is 6.12. The van der Waals surface area contributed by atoms with Crippen LogP contribution in [0, 0.1) is 0 Å². The quantitative estimate of drug-likeness (QED) is 0.324. The minimum atomic E-state index is 0. The lowest BCUT2D eigenvalue weighted by molar-refractivity contribution is 0.696. The van der Waals surface area contributed by atoms with Crippen molar-refractivity contribution in [1.82, 2.24) is 10.6 Å². The zero-order valence-corrected chi connectivity index (χ0v) is 15.5. The maximum Gasteiger partial charge on any atom is 0.191 e. The van der Waals surface area contributed by atoms with Gasteiger partial charge in [0.15, 0.2) is 5.96 Å². The number of halogens is 2. The van der Waals surface area contributed by atoms with Gasteiger partial charge in [0.25, 0.3) is 0 Å². The van der Waals surface area contributed by atoms with Crippen molar-refractivity contribution in [2.75, 3.05) is 13.1 Å². The highest BCUT2D eigenvalue weighted by Gasteiger charge is 2.00. The molecule has 0 bridgehead atoms. The van der Waals surface area contributed by atoms with E-state index in [2.05, 4.69) is 42.5 Å². The second kappa shape index (κ2) is 11.2. The molecule has 0 heterocycles. The molecule has 1 rings (SSSR count). The molecule has 0 amide bonds. The van der Waals surface area contributed by atoms with Gasteiger partial charge in [0.05, 0.1) is 0 Å². The lowest BCUT2D eigenvalue weighted by Crippen LogP contribution is -2.41. The van der Waals surface area contributed by atoms with Crippen LogP contribution in [0.4, 0.5) is 0 Å². The minimum Gasteiger partial charge on any atom is -0.357 e. The van der Waals surface area contributed by atoms with Gasteiger partial charge in [0.2, 0.25) is 0 Å². The summed E-state index contributed by atoms with van der Waals surface area (Å²) in [5, 5.41) is 7.39. The number of rotatable bonds is 6. The average molecular weight is 410 g/mol. The molecule has 0 aromatic heterocycles. The van der Waals surface area contributed by atoms with Gasteiger partial charge >= 0.3 is 0 Å². The summed E-state index contributed by atoms with van der Waals surface area (Å²) in [5.74, 6) is 0.886. The lowest BCUT2D eigenvalue weighted by atomic mass is 10.1. The van der Waals surface area contributed by atoms with E-state index in [0.717, 1.165) is 36.9 Å². The van der Waals surface area contributed by atoms with Crippen LogP contribution >= 0.6 is 35.6 Å². The highest BCUT2D eigenvalue weighted by molar-refractivity contribution is 14.0. The van der Waals surface area contributed by atoms with E-state index in [1.807, 2.05) is 18.2 Å². The molecule has 0 saturated heterocycles. The van der Waals surface area contributed by atoms with E-state index in [4.69, 9.17) is 11.6 Å². The number of benzene rings is 1. The predicted octanol–water partition coefficient (Wildman–Crippen LogP) is 3.85. The normalized spacial score (nSPS) is 11.2. The third kappa shape index (κ3) is 7.94. The Morgan fingerprint density at radius 2 is 2.00 bits per heavy atom. The van der Waals surface area contributed by atoms with Crippen LogP contribution in [0.1, 0.15) is 32.8 Å². The summed E-state index contributed by atoms with van der Waals surface area (Å²) < 4.78 is 0. The fraction of sp³-hybridized carbons (Fsp3) is 0.533. The van der Waals surface area contributed by atoms with Crippen molar-refractivity contribution in [2.24, 2.45) is 4.99 Å². The monoisotopic (exact) mass is 409 g/mol. The number of hydrogen-bond donors (Lipinski definition) is 2. The first-order valence-electron chi connectivity index (χ1n) is 6.91. The summed E-state index contributed by atoms with van der Waals surface area (Å²) in [6, 6.07) is 8.38. The van der Waals surface area contributed by atoms with E-state index in [1.165, 1.54) is 5.56 Å². The van der Waals surface area contributed by atoms with E-state index in [1.54, 1.807) is 0 Å². The number of aryl methyl sites for hydroxylation is 1. The van der Waals surface area contributed by atoms with E-state index in [-0.39, 0.29) is 24.0 Å². The fourth-order valence-electron chi connectivity index (χ4n) is 1.75. The lowest BCUT2D eigenvalue weighted by Gasteiger charge is -2.13. The maximum absolute atomic E-state index is 6.12. The van der Waals surface area contributed by atoms with E-state index in [9.17, 15) is 0 Å². The smallest absolute Gasteiger partial charge is 0.191 e. The predicted molar refractivity (Wildman–Crippen MR) is 99.4 cm³/mol. The van der Waals surface area contributed by atoms with Crippen LogP contribution in [0.5, 0.6) is 0 Å². The molecule has 0 unspecified atom stereocenters. The molecule has 0 aliphatic heterocycles. The third-order valence-corrected chi connectivity index (χ3v) is 2.97. The molecular weight excluding hydrogens is 385 g/mol. The molecule has 2 N–H and O–H groups in total. The van der Waals surface area contributed by atoms with Crippen molar-refractivity contribution in [2.45, 2.75) is 39.7 Å². The minimum absolute atomic E-state index is 0. The molecule has 3 nitrogen and oxygen atoms in total. The first-order chi connectivity index (χ1) is 9.13. The Morgan fingerprint density at radius 3 is 2.60 bits per heavy atom. The Morgan fingerprint density at radius 1 is 1.30 bits per heavy atom. The Balaban J connectivity index is 0.00000361. The van der Waals surface area contributed by atoms with Crippen LogP contribution in [0.2, 0.25) is 5.02 Å². The van der Waals surface area contributed by atoms with Crippen molar-refractivity contribution >= 4 is 41.5 Å². The van der Waals surface area contributed by atoms with Crippen LogP contribution in [0.25, 0.3) is 0 Å². The van der Waals surface area contributed by atoms with Gasteiger partial charge < -0.3 is 10.6 Å². The topological polar surface area (TPSA) is 36.4 Å². The molecule has 5 heteroatoms. The van der Waals surface area contributed by atoms with Gasteiger partial charge in [-0.2, -0.15) is 0 Å². The molecule has 114 valence electrons. The van der Waals surface area contributed by atoms with Gasteiger partial charge in [-0.15, -0.1) is 24.0 Å². The molecule has 0 radical (unpaired) electrons. The van der Waals surface area contributed by atoms with Crippen LogP contribution in [0.3, 0.4) is 0 Å². The van der Waals surface area contributed by atoms with Crippen LogP contribution < -0.4 is 10.6 Å². The highest BCUT2D eigenvalue weighted by atomic mass is 127. The molecule has 0 saturated carbocycles. The van der Waals surface area contributed by atoms with E-state index in [0.29, 0.717) is 6.04 Å². The standard InChI is InChI=1S/C15H24ClN3.HI/c1-4-17-15(19-12(2)3)18-11-7-9-13-8-5-6-10-14(13)16;/h5-6,8,10,12H,4,7,9,11H2,1-3H3,(H2,17,18,19);1H. The van der Waals surface area contributed by atoms with E-state index >= 15 is 0 Å². The molecule has 1 aromatic rings. The molecule has 0 spiro atoms. The Hall–Kier alpha value is -0.490. The van der Waals surface area contributed by atoms with Crippen LogP contribution in [0.15, 0.2) is 29.3 Å². The molecule has 1 aromatic carbocycles. The third-order valence-electron chi connectivity index (χ3n) is 2.60. The van der Waals surface area contributed by atoms with Crippen LogP contribution in [-0.4, -0.2) is 25.1 Å². The van der Waals surface area contributed by atoms with Crippen LogP contribution in [-0.2, 0) is 6.42 Å². The Bertz CT molecular complexity index is 408. The number of nitrogens with zero attached hydrogens (tertiary/aromatic N) is 1. The first kappa shape index (κ1) is 19.5. The fourth-order valence-corrected chi connectivity index (χ4v) is 1.99. The van der Waals surface area contributed by atoms with Crippen molar-refractivity contribution in [1.29, 1.82) is 0 Å².